The molecule has 5 heteroatoms. The first-order chi connectivity index (χ1) is 10.2. The molecule has 0 aliphatic heterocycles. The second kappa shape index (κ2) is 6.92. The van der Waals surface area contributed by atoms with Gasteiger partial charge in [-0.15, -0.1) is 0 Å². The molecule has 0 saturated carbocycles. The maximum atomic E-state index is 13.3. The molecule has 0 radical (unpaired) electrons. The van der Waals surface area contributed by atoms with Gasteiger partial charge in [0.05, 0.1) is 17.9 Å². The van der Waals surface area contributed by atoms with Crippen molar-refractivity contribution in [2.24, 2.45) is 0 Å². The first-order valence-corrected chi connectivity index (χ1v) is 6.94. The first-order valence-electron chi connectivity index (χ1n) is 6.94. The van der Waals surface area contributed by atoms with Crippen LogP contribution in [0.4, 0.5) is 4.39 Å². The number of hydrogen-bond acceptors (Lipinski definition) is 4. The minimum atomic E-state index is -0.424. The van der Waals surface area contributed by atoms with Crippen molar-refractivity contribution in [3.8, 4) is 11.4 Å². The molecule has 1 heterocycles. The highest BCUT2D eigenvalue weighted by Gasteiger charge is 2.16. The van der Waals surface area contributed by atoms with Crippen molar-refractivity contribution >= 4 is 5.97 Å². The zero-order chi connectivity index (χ0) is 15.2. The predicted octanol–water partition coefficient (Wildman–Crippen LogP) is 3.41. The molecule has 2 rings (SSSR count). The zero-order valence-electron chi connectivity index (χ0n) is 12.1. The third-order valence-electron chi connectivity index (χ3n) is 2.93. The number of nitrogens with zero attached hydrogens (tertiary/aromatic N) is 2. The van der Waals surface area contributed by atoms with Gasteiger partial charge in [0.1, 0.15) is 5.82 Å². The van der Waals surface area contributed by atoms with Crippen molar-refractivity contribution in [3.63, 3.8) is 0 Å². The second-order valence-corrected chi connectivity index (χ2v) is 4.53. The van der Waals surface area contributed by atoms with Crippen molar-refractivity contribution in [2.45, 2.75) is 26.7 Å². The third-order valence-corrected chi connectivity index (χ3v) is 2.93. The minimum Gasteiger partial charge on any atom is -0.462 e. The molecule has 0 atom stereocenters. The van der Waals surface area contributed by atoms with Gasteiger partial charge in [-0.2, -0.15) is 0 Å². The Hall–Kier alpha value is -2.30. The van der Waals surface area contributed by atoms with E-state index in [9.17, 15) is 9.18 Å². The van der Waals surface area contributed by atoms with Crippen LogP contribution in [0.25, 0.3) is 11.4 Å². The normalized spacial score (nSPS) is 10.4. The largest absolute Gasteiger partial charge is 0.462 e. The van der Waals surface area contributed by atoms with E-state index in [0.717, 1.165) is 6.42 Å². The molecule has 1 aromatic heterocycles. The topological polar surface area (TPSA) is 52.1 Å². The average Bonchev–Trinajstić information content (AvgIpc) is 2.48. The Balaban J connectivity index is 2.42. The summed E-state index contributed by atoms with van der Waals surface area (Å²) in [6.07, 6.45) is 2.93. The van der Waals surface area contributed by atoms with Crippen LogP contribution in [-0.4, -0.2) is 22.5 Å². The van der Waals surface area contributed by atoms with Crippen LogP contribution in [0.15, 0.2) is 30.5 Å². The maximum Gasteiger partial charge on any atom is 0.341 e. The SMILES string of the molecule is CCCc1nc(-c2cccc(F)c2)ncc1C(=O)OCC. The van der Waals surface area contributed by atoms with Gasteiger partial charge in [0, 0.05) is 11.8 Å². The number of benzene rings is 1. The Morgan fingerprint density at radius 1 is 1.33 bits per heavy atom. The van der Waals surface area contributed by atoms with Gasteiger partial charge < -0.3 is 4.74 Å². The lowest BCUT2D eigenvalue weighted by Gasteiger charge is -2.09. The molecule has 1 aromatic carbocycles. The summed E-state index contributed by atoms with van der Waals surface area (Å²) in [5, 5.41) is 0. The van der Waals surface area contributed by atoms with E-state index in [0.29, 0.717) is 35.7 Å². The molecule has 0 bridgehead atoms. The number of aryl methyl sites for hydroxylation is 1. The summed E-state index contributed by atoms with van der Waals surface area (Å²) in [4.78, 5) is 20.4. The fourth-order valence-electron chi connectivity index (χ4n) is 1.99. The lowest BCUT2D eigenvalue weighted by atomic mass is 10.1. The van der Waals surface area contributed by atoms with Gasteiger partial charge >= 0.3 is 5.97 Å². The van der Waals surface area contributed by atoms with E-state index in [4.69, 9.17) is 4.74 Å². The number of esters is 1. The number of carbonyl (C=O) groups excluding carboxylic acids is 1. The van der Waals surface area contributed by atoms with E-state index in [2.05, 4.69) is 9.97 Å². The second-order valence-electron chi connectivity index (χ2n) is 4.53. The summed E-state index contributed by atoms with van der Waals surface area (Å²) in [6, 6.07) is 6.07. The number of carbonyl (C=O) groups is 1. The average molecular weight is 288 g/mol. The molecule has 21 heavy (non-hydrogen) atoms. The van der Waals surface area contributed by atoms with E-state index in [1.165, 1.54) is 18.3 Å². The van der Waals surface area contributed by atoms with Crippen molar-refractivity contribution in [1.29, 1.82) is 0 Å². The Labute approximate surface area is 123 Å². The van der Waals surface area contributed by atoms with Crippen LogP contribution in [0.1, 0.15) is 36.3 Å². The Morgan fingerprint density at radius 3 is 2.81 bits per heavy atom. The van der Waals surface area contributed by atoms with Gasteiger partial charge in [-0.25, -0.2) is 19.2 Å². The molecule has 110 valence electrons. The summed E-state index contributed by atoms with van der Waals surface area (Å²) in [5.41, 5.74) is 1.59. The molecule has 0 spiro atoms. The molecule has 0 aliphatic carbocycles. The van der Waals surface area contributed by atoms with E-state index < -0.39 is 5.97 Å². The van der Waals surface area contributed by atoms with Crippen LogP contribution in [0, 0.1) is 5.82 Å². The summed E-state index contributed by atoms with van der Waals surface area (Å²) in [5.74, 6) is -0.361. The lowest BCUT2D eigenvalue weighted by Crippen LogP contribution is -2.11. The van der Waals surface area contributed by atoms with Gasteiger partial charge in [-0.3, -0.25) is 0 Å². The minimum absolute atomic E-state index is 0.302. The first kappa shape index (κ1) is 15.1. The molecule has 0 unspecified atom stereocenters. The highest BCUT2D eigenvalue weighted by atomic mass is 19.1. The van der Waals surface area contributed by atoms with E-state index in [1.807, 2.05) is 6.92 Å². The van der Waals surface area contributed by atoms with Crippen LogP contribution >= 0.6 is 0 Å². The summed E-state index contributed by atoms with van der Waals surface area (Å²) in [6.45, 7) is 4.05. The number of aromatic nitrogens is 2. The van der Waals surface area contributed by atoms with Crippen LogP contribution in [0.3, 0.4) is 0 Å². The van der Waals surface area contributed by atoms with Crippen molar-refractivity contribution in [3.05, 3.63) is 47.5 Å². The highest BCUT2D eigenvalue weighted by Crippen LogP contribution is 2.19. The molecular formula is C16H17FN2O2. The van der Waals surface area contributed by atoms with E-state index in [1.54, 1.807) is 19.1 Å². The number of ether oxygens (including phenoxy) is 1. The highest BCUT2D eigenvalue weighted by molar-refractivity contribution is 5.90. The monoisotopic (exact) mass is 288 g/mol. The summed E-state index contributed by atoms with van der Waals surface area (Å²) in [7, 11) is 0. The van der Waals surface area contributed by atoms with Crippen LogP contribution in [0.2, 0.25) is 0 Å². The molecule has 0 aliphatic rings. The summed E-state index contributed by atoms with van der Waals surface area (Å²) >= 11 is 0. The molecule has 4 nitrogen and oxygen atoms in total. The van der Waals surface area contributed by atoms with Crippen LogP contribution in [0.5, 0.6) is 0 Å². The van der Waals surface area contributed by atoms with Gasteiger partial charge in [-0.1, -0.05) is 25.5 Å². The Bertz CT molecular complexity index is 644. The fraction of sp³-hybridized carbons (Fsp3) is 0.312. The Morgan fingerprint density at radius 2 is 2.14 bits per heavy atom. The third kappa shape index (κ3) is 3.62. The van der Waals surface area contributed by atoms with Crippen molar-refractivity contribution in [2.75, 3.05) is 6.61 Å². The molecule has 0 N–H and O–H groups in total. The fourth-order valence-corrected chi connectivity index (χ4v) is 1.99. The number of hydrogen-bond donors (Lipinski definition) is 0. The van der Waals surface area contributed by atoms with Crippen molar-refractivity contribution in [1.82, 2.24) is 9.97 Å². The smallest absolute Gasteiger partial charge is 0.341 e. The number of rotatable bonds is 5. The predicted molar refractivity (Wildman–Crippen MR) is 77.4 cm³/mol. The summed E-state index contributed by atoms with van der Waals surface area (Å²) < 4.78 is 18.3. The quantitative estimate of drug-likeness (QED) is 0.791. The lowest BCUT2D eigenvalue weighted by molar-refractivity contribution is 0.0524. The molecule has 2 aromatic rings. The van der Waals surface area contributed by atoms with E-state index >= 15 is 0 Å². The van der Waals surface area contributed by atoms with Gasteiger partial charge in [0.15, 0.2) is 5.82 Å². The maximum absolute atomic E-state index is 13.3. The van der Waals surface area contributed by atoms with Gasteiger partial charge in [0.25, 0.3) is 0 Å². The van der Waals surface area contributed by atoms with Crippen LogP contribution in [-0.2, 0) is 11.2 Å². The molecule has 0 amide bonds. The standard InChI is InChI=1S/C16H17FN2O2/c1-3-6-14-13(16(20)21-4-2)10-18-15(19-14)11-7-5-8-12(17)9-11/h5,7-10H,3-4,6H2,1-2H3. The van der Waals surface area contributed by atoms with Gasteiger partial charge in [-0.05, 0) is 25.5 Å². The Kier molecular flexibility index (Phi) is 4.98. The molecular weight excluding hydrogens is 271 g/mol. The van der Waals surface area contributed by atoms with E-state index in [-0.39, 0.29) is 5.82 Å². The molecule has 0 fully saturated rings. The van der Waals surface area contributed by atoms with Gasteiger partial charge in [0.2, 0.25) is 0 Å². The molecule has 0 saturated heterocycles. The zero-order valence-corrected chi connectivity index (χ0v) is 12.1. The number of halogens is 1. The van der Waals surface area contributed by atoms with Crippen LogP contribution < -0.4 is 0 Å². The van der Waals surface area contributed by atoms with Crippen molar-refractivity contribution < 1.29 is 13.9 Å².